The number of carboxylic acid groups (broad SMARTS) is 1. The molecule has 0 radical (unpaired) electrons. The molecule has 0 amide bonds. The summed E-state index contributed by atoms with van der Waals surface area (Å²) in [5, 5.41) is 20.7. The van der Waals surface area contributed by atoms with Crippen LogP contribution in [0.1, 0.15) is 25.8 Å². The number of aromatic nitrogens is 1. The number of hydrogen-bond donors (Lipinski definition) is 2. The average molecular weight is 233 g/mol. The van der Waals surface area contributed by atoms with Crippen LogP contribution in [-0.4, -0.2) is 22.1 Å². The first kappa shape index (κ1) is 13.0. The molecule has 1 atom stereocenters. The quantitative estimate of drug-likeness (QED) is 0.810. The third-order valence-electron chi connectivity index (χ3n) is 2.24. The van der Waals surface area contributed by atoms with Gasteiger partial charge >= 0.3 is 5.97 Å². The van der Waals surface area contributed by atoms with Crippen LogP contribution in [0.3, 0.4) is 0 Å². The van der Waals surface area contributed by atoms with Crippen LogP contribution in [0, 0.1) is 17.2 Å². The molecule has 5 nitrogen and oxygen atoms in total. The number of aliphatic carboxylic acids is 1. The predicted molar refractivity (Wildman–Crippen MR) is 63.5 cm³/mol. The van der Waals surface area contributed by atoms with Crippen molar-refractivity contribution in [2.45, 2.75) is 26.3 Å². The Morgan fingerprint density at radius 2 is 2.35 bits per heavy atom. The van der Waals surface area contributed by atoms with Crippen LogP contribution in [0.15, 0.2) is 18.3 Å². The van der Waals surface area contributed by atoms with E-state index in [9.17, 15) is 4.79 Å². The highest BCUT2D eigenvalue weighted by atomic mass is 16.4. The van der Waals surface area contributed by atoms with E-state index < -0.39 is 12.0 Å². The van der Waals surface area contributed by atoms with Gasteiger partial charge in [0.25, 0.3) is 0 Å². The maximum Gasteiger partial charge on any atom is 0.326 e. The highest BCUT2D eigenvalue weighted by Crippen LogP contribution is 2.14. The van der Waals surface area contributed by atoms with Gasteiger partial charge in [0.2, 0.25) is 0 Å². The molecule has 1 aromatic heterocycles. The summed E-state index contributed by atoms with van der Waals surface area (Å²) in [6.07, 6.45) is 2.01. The summed E-state index contributed by atoms with van der Waals surface area (Å²) in [5.41, 5.74) is 0.350. The van der Waals surface area contributed by atoms with Crippen molar-refractivity contribution >= 4 is 11.8 Å². The number of hydrogen-bond acceptors (Lipinski definition) is 4. The van der Waals surface area contributed by atoms with E-state index in [1.165, 1.54) is 6.20 Å². The molecular weight excluding hydrogens is 218 g/mol. The van der Waals surface area contributed by atoms with Crippen LogP contribution in [0.25, 0.3) is 0 Å². The Labute approximate surface area is 100 Å². The summed E-state index contributed by atoms with van der Waals surface area (Å²) in [7, 11) is 0. The largest absolute Gasteiger partial charge is 0.480 e. The SMILES string of the molecule is CC(C)C[C@@H](Nc1ncccc1C#N)C(=O)O. The first-order chi connectivity index (χ1) is 8.04. The van der Waals surface area contributed by atoms with Crippen LogP contribution in [0.2, 0.25) is 0 Å². The normalized spacial score (nSPS) is 11.9. The van der Waals surface area contributed by atoms with Crippen molar-refractivity contribution in [1.82, 2.24) is 4.98 Å². The Morgan fingerprint density at radius 3 is 2.88 bits per heavy atom. The van der Waals surface area contributed by atoms with Crippen molar-refractivity contribution in [3.8, 4) is 6.07 Å². The second-order valence-electron chi connectivity index (χ2n) is 4.18. The van der Waals surface area contributed by atoms with E-state index >= 15 is 0 Å². The van der Waals surface area contributed by atoms with Crippen molar-refractivity contribution in [3.05, 3.63) is 23.9 Å². The molecule has 17 heavy (non-hydrogen) atoms. The molecule has 1 aromatic rings. The van der Waals surface area contributed by atoms with Gasteiger partial charge in [-0.3, -0.25) is 0 Å². The standard InChI is InChI=1S/C12H15N3O2/c1-8(2)6-10(12(16)17)15-11-9(7-13)4-3-5-14-11/h3-5,8,10H,6H2,1-2H3,(H,14,15)(H,16,17)/t10-/m1/s1. The summed E-state index contributed by atoms with van der Waals surface area (Å²) in [5.74, 6) is -0.367. The Kier molecular flexibility index (Phi) is 4.46. The molecule has 0 saturated carbocycles. The van der Waals surface area contributed by atoms with Gasteiger partial charge in [0, 0.05) is 6.20 Å². The third-order valence-corrected chi connectivity index (χ3v) is 2.24. The molecule has 0 fully saturated rings. The number of carboxylic acids is 1. The van der Waals surface area contributed by atoms with Crippen LogP contribution >= 0.6 is 0 Å². The van der Waals surface area contributed by atoms with Crippen LogP contribution in [-0.2, 0) is 4.79 Å². The second kappa shape index (κ2) is 5.85. The van der Waals surface area contributed by atoms with Gasteiger partial charge in [-0.25, -0.2) is 9.78 Å². The summed E-state index contributed by atoms with van der Waals surface area (Å²) in [4.78, 5) is 15.0. The lowest BCUT2D eigenvalue weighted by atomic mass is 10.0. The minimum atomic E-state index is -0.937. The zero-order valence-electron chi connectivity index (χ0n) is 9.84. The molecule has 2 N–H and O–H groups in total. The minimum Gasteiger partial charge on any atom is -0.480 e. The third kappa shape index (κ3) is 3.76. The molecule has 0 spiro atoms. The minimum absolute atomic E-state index is 0.248. The molecule has 0 bridgehead atoms. The molecule has 1 heterocycles. The molecule has 1 rings (SSSR count). The maximum absolute atomic E-state index is 11.1. The van der Waals surface area contributed by atoms with E-state index in [-0.39, 0.29) is 5.92 Å². The van der Waals surface area contributed by atoms with Crippen LogP contribution in [0.5, 0.6) is 0 Å². The molecule has 0 saturated heterocycles. The highest BCUT2D eigenvalue weighted by Gasteiger charge is 2.20. The smallest absolute Gasteiger partial charge is 0.326 e. The molecule has 0 aliphatic rings. The lowest BCUT2D eigenvalue weighted by Crippen LogP contribution is -2.31. The Morgan fingerprint density at radius 1 is 1.65 bits per heavy atom. The van der Waals surface area contributed by atoms with E-state index in [1.807, 2.05) is 19.9 Å². The van der Waals surface area contributed by atoms with E-state index in [0.717, 1.165) is 0 Å². The van der Waals surface area contributed by atoms with Gasteiger partial charge in [-0.2, -0.15) is 5.26 Å². The molecule has 0 unspecified atom stereocenters. The number of rotatable bonds is 5. The fraction of sp³-hybridized carbons (Fsp3) is 0.417. The fourth-order valence-corrected chi connectivity index (χ4v) is 1.47. The van der Waals surface area contributed by atoms with Crippen molar-refractivity contribution in [3.63, 3.8) is 0 Å². The van der Waals surface area contributed by atoms with Gasteiger partial charge in [-0.05, 0) is 24.5 Å². The van der Waals surface area contributed by atoms with Gasteiger partial charge in [-0.15, -0.1) is 0 Å². The van der Waals surface area contributed by atoms with Crippen LogP contribution in [0.4, 0.5) is 5.82 Å². The lowest BCUT2D eigenvalue weighted by Gasteiger charge is -2.17. The topological polar surface area (TPSA) is 86.0 Å². The summed E-state index contributed by atoms with van der Waals surface area (Å²) in [6, 6.07) is 4.49. The van der Waals surface area contributed by atoms with E-state index in [2.05, 4.69) is 10.3 Å². The zero-order valence-corrected chi connectivity index (χ0v) is 9.84. The first-order valence-corrected chi connectivity index (χ1v) is 5.39. The van der Waals surface area contributed by atoms with Crippen molar-refractivity contribution < 1.29 is 9.90 Å². The van der Waals surface area contributed by atoms with E-state index in [4.69, 9.17) is 10.4 Å². The molecule has 0 aromatic carbocycles. The Balaban J connectivity index is 2.86. The van der Waals surface area contributed by atoms with Gasteiger partial charge in [-0.1, -0.05) is 13.8 Å². The summed E-state index contributed by atoms with van der Waals surface area (Å²) in [6.45, 7) is 3.89. The number of pyridine rings is 1. The number of anilines is 1. The molecule has 90 valence electrons. The number of nitrogens with zero attached hydrogens (tertiary/aromatic N) is 2. The second-order valence-corrected chi connectivity index (χ2v) is 4.18. The van der Waals surface area contributed by atoms with Crippen molar-refractivity contribution in [2.24, 2.45) is 5.92 Å². The fourth-order valence-electron chi connectivity index (χ4n) is 1.47. The first-order valence-electron chi connectivity index (χ1n) is 5.39. The number of carbonyl (C=O) groups is 1. The molecule has 0 aliphatic heterocycles. The van der Waals surface area contributed by atoms with Gasteiger partial charge in [0.1, 0.15) is 17.9 Å². The summed E-state index contributed by atoms with van der Waals surface area (Å²) < 4.78 is 0. The Hall–Kier alpha value is -2.09. The number of nitriles is 1. The van der Waals surface area contributed by atoms with E-state index in [0.29, 0.717) is 17.8 Å². The number of nitrogens with one attached hydrogen (secondary N) is 1. The summed E-state index contributed by atoms with van der Waals surface area (Å²) >= 11 is 0. The molecule has 0 aliphatic carbocycles. The predicted octanol–water partition coefficient (Wildman–Crippen LogP) is 1.86. The monoisotopic (exact) mass is 233 g/mol. The van der Waals surface area contributed by atoms with Gasteiger partial charge in [0.15, 0.2) is 0 Å². The van der Waals surface area contributed by atoms with Crippen molar-refractivity contribution in [2.75, 3.05) is 5.32 Å². The average Bonchev–Trinajstić information content (AvgIpc) is 2.28. The molecule has 5 heteroatoms. The maximum atomic E-state index is 11.1. The van der Waals surface area contributed by atoms with Crippen molar-refractivity contribution in [1.29, 1.82) is 5.26 Å². The Bertz CT molecular complexity index is 438. The molecular formula is C12H15N3O2. The van der Waals surface area contributed by atoms with Gasteiger partial charge < -0.3 is 10.4 Å². The highest BCUT2D eigenvalue weighted by molar-refractivity contribution is 5.77. The van der Waals surface area contributed by atoms with Gasteiger partial charge in [0.05, 0.1) is 5.56 Å². The van der Waals surface area contributed by atoms with Crippen LogP contribution < -0.4 is 5.32 Å². The lowest BCUT2D eigenvalue weighted by molar-refractivity contribution is -0.138. The zero-order chi connectivity index (χ0) is 12.8. The van der Waals surface area contributed by atoms with E-state index in [1.54, 1.807) is 12.1 Å².